The van der Waals surface area contributed by atoms with Gasteiger partial charge in [0.05, 0.1) is 25.1 Å². The number of carbonyl (C=O) groups is 5. The molecule has 0 aliphatic carbocycles. The Kier molecular flexibility index (Phi) is 11.8. The van der Waals surface area contributed by atoms with Gasteiger partial charge in [0.1, 0.15) is 12.1 Å². The fourth-order valence-corrected chi connectivity index (χ4v) is 2.43. The van der Waals surface area contributed by atoms with Crippen LogP contribution in [0, 0.1) is 0 Å². The second-order valence-electron chi connectivity index (χ2n) is 5.89. The zero-order valence-electron chi connectivity index (χ0n) is 15.5. The lowest BCUT2D eigenvalue weighted by molar-refractivity contribution is -0.147. The molecule has 8 N–H and O–H groups in total. The van der Waals surface area contributed by atoms with E-state index in [4.69, 9.17) is 15.9 Å². The van der Waals surface area contributed by atoms with E-state index in [-0.39, 0.29) is 0 Å². The van der Waals surface area contributed by atoms with Crippen LogP contribution in [0.25, 0.3) is 0 Å². The molecule has 0 rings (SSSR count). The molecular weight excluding hydrogens is 396 g/mol. The average molecular weight is 422 g/mol. The van der Waals surface area contributed by atoms with Crippen LogP contribution in [-0.2, 0) is 24.0 Å². The molecule has 0 heterocycles. The molecule has 13 heteroatoms. The van der Waals surface area contributed by atoms with E-state index in [1.807, 2.05) is 11.6 Å². The maximum atomic E-state index is 12.1. The van der Waals surface area contributed by atoms with E-state index < -0.39 is 66.9 Å². The number of carboxylic acid groups (broad SMARTS) is 2. The molecule has 0 aromatic rings. The molecule has 0 saturated carbocycles. The molecule has 0 aromatic heterocycles. The monoisotopic (exact) mass is 422 g/mol. The van der Waals surface area contributed by atoms with E-state index in [1.165, 1.54) is 18.7 Å². The van der Waals surface area contributed by atoms with Gasteiger partial charge in [0.2, 0.25) is 17.7 Å². The maximum absolute atomic E-state index is 12.1. The number of aliphatic carboxylic acids is 2. The van der Waals surface area contributed by atoms with E-state index in [9.17, 15) is 29.1 Å². The van der Waals surface area contributed by atoms with Gasteiger partial charge in [-0.3, -0.25) is 19.2 Å². The first-order chi connectivity index (χ1) is 13.0. The van der Waals surface area contributed by atoms with Crippen molar-refractivity contribution < 1.29 is 39.3 Å². The number of hydrogen-bond donors (Lipinski definition) is 7. The Morgan fingerprint density at radius 3 is 2.14 bits per heavy atom. The molecule has 0 aliphatic rings. The molecular formula is C15H26N4O8S. The van der Waals surface area contributed by atoms with Crippen LogP contribution in [0.3, 0.4) is 0 Å². The Morgan fingerprint density at radius 2 is 1.68 bits per heavy atom. The van der Waals surface area contributed by atoms with Crippen molar-refractivity contribution in [2.45, 2.75) is 44.0 Å². The van der Waals surface area contributed by atoms with Gasteiger partial charge in [0.15, 0.2) is 0 Å². The van der Waals surface area contributed by atoms with Crippen LogP contribution >= 0.6 is 11.8 Å². The molecule has 28 heavy (non-hydrogen) atoms. The van der Waals surface area contributed by atoms with Gasteiger partial charge in [0, 0.05) is 0 Å². The summed E-state index contributed by atoms with van der Waals surface area (Å²) >= 11 is 1.51. The van der Waals surface area contributed by atoms with Crippen molar-refractivity contribution in [1.82, 2.24) is 16.0 Å². The number of thioether (sulfide) groups is 1. The summed E-state index contributed by atoms with van der Waals surface area (Å²) in [7, 11) is 0. The number of carboxylic acids is 2. The molecule has 0 radical (unpaired) electrons. The number of aliphatic hydroxyl groups is 1. The quantitative estimate of drug-likeness (QED) is 0.161. The largest absolute Gasteiger partial charge is 0.481 e. The summed E-state index contributed by atoms with van der Waals surface area (Å²) in [5, 5.41) is 33.7. The minimum absolute atomic E-state index is 0.410. The molecule has 160 valence electrons. The topological polar surface area (TPSA) is 208 Å². The molecule has 0 fully saturated rings. The number of carbonyl (C=O) groups excluding carboxylic acids is 3. The van der Waals surface area contributed by atoms with E-state index >= 15 is 0 Å². The SMILES string of the molecule is CSCCC(N)C(=O)NCC(=O)NC(C(=O)NC(CC(=O)O)C(=O)O)C(C)O. The van der Waals surface area contributed by atoms with E-state index in [0.717, 1.165) is 0 Å². The Labute approximate surface area is 165 Å². The fraction of sp³-hybridized carbons (Fsp3) is 0.667. The standard InChI is InChI=1S/C15H26N4O8S/c1-7(20)12(14(25)18-9(15(26)27)5-11(22)23)19-10(21)6-17-13(24)8(16)3-4-28-2/h7-9,12,20H,3-6,16H2,1-2H3,(H,17,24)(H,18,25)(H,19,21)(H,22,23)(H,26,27). The highest BCUT2D eigenvalue weighted by Crippen LogP contribution is 2.00. The normalized spacial score (nSPS) is 14.9. The first kappa shape index (κ1) is 25.6. The number of hydrogen-bond acceptors (Lipinski definition) is 8. The van der Waals surface area contributed by atoms with Gasteiger partial charge in [-0.2, -0.15) is 11.8 Å². The maximum Gasteiger partial charge on any atom is 0.326 e. The number of nitrogens with two attached hydrogens (primary N) is 1. The van der Waals surface area contributed by atoms with E-state index in [1.54, 1.807) is 0 Å². The predicted molar refractivity (Wildman–Crippen MR) is 99.4 cm³/mol. The third-order valence-electron chi connectivity index (χ3n) is 3.47. The summed E-state index contributed by atoms with van der Waals surface area (Å²) in [5.74, 6) is -4.85. The van der Waals surface area contributed by atoms with Crippen molar-refractivity contribution in [1.29, 1.82) is 0 Å². The van der Waals surface area contributed by atoms with Crippen LogP contribution in [-0.4, -0.2) is 87.8 Å². The molecule has 4 atom stereocenters. The highest BCUT2D eigenvalue weighted by Gasteiger charge is 2.30. The second-order valence-corrected chi connectivity index (χ2v) is 6.87. The zero-order valence-corrected chi connectivity index (χ0v) is 16.3. The molecule has 0 aliphatic heterocycles. The summed E-state index contributed by atoms with van der Waals surface area (Å²) in [5.41, 5.74) is 5.65. The van der Waals surface area contributed by atoms with Crippen LogP contribution in [0.2, 0.25) is 0 Å². The smallest absolute Gasteiger partial charge is 0.326 e. The van der Waals surface area contributed by atoms with Gasteiger partial charge in [-0.15, -0.1) is 0 Å². The lowest BCUT2D eigenvalue weighted by Crippen LogP contribution is -2.57. The molecule has 3 amide bonds. The Morgan fingerprint density at radius 1 is 1.07 bits per heavy atom. The van der Waals surface area contributed by atoms with Gasteiger partial charge >= 0.3 is 11.9 Å². The van der Waals surface area contributed by atoms with Gasteiger partial charge in [0.25, 0.3) is 0 Å². The summed E-state index contributed by atoms with van der Waals surface area (Å²) in [6.07, 6.45) is -0.0354. The number of amides is 3. The Hall–Kier alpha value is -2.38. The summed E-state index contributed by atoms with van der Waals surface area (Å²) in [6, 6.07) is -4.09. The number of rotatable bonds is 13. The highest BCUT2D eigenvalue weighted by atomic mass is 32.2. The van der Waals surface area contributed by atoms with Crippen molar-refractivity contribution in [3.8, 4) is 0 Å². The predicted octanol–water partition coefficient (Wildman–Crippen LogP) is -2.91. The van der Waals surface area contributed by atoms with Crippen LogP contribution in [0.1, 0.15) is 19.8 Å². The molecule has 0 saturated heterocycles. The first-order valence-electron chi connectivity index (χ1n) is 8.24. The van der Waals surface area contributed by atoms with Crippen molar-refractivity contribution in [3.05, 3.63) is 0 Å². The number of nitrogens with one attached hydrogen (secondary N) is 3. The lowest BCUT2D eigenvalue weighted by Gasteiger charge is -2.23. The van der Waals surface area contributed by atoms with Gasteiger partial charge < -0.3 is 37.0 Å². The van der Waals surface area contributed by atoms with Crippen LogP contribution in [0.15, 0.2) is 0 Å². The molecule has 0 spiro atoms. The third kappa shape index (κ3) is 10.1. The van der Waals surface area contributed by atoms with Crippen LogP contribution in [0.5, 0.6) is 0 Å². The number of aliphatic hydroxyl groups excluding tert-OH is 1. The van der Waals surface area contributed by atoms with E-state index in [0.29, 0.717) is 12.2 Å². The third-order valence-corrected chi connectivity index (χ3v) is 4.11. The van der Waals surface area contributed by atoms with Crippen LogP contribution < -0.4 is 21.7 Å². The Balaban J connectivity index is 4.77. The molecule has 12 nitrogen and oxygen atoms in total. The molecule has 4 unspecified atom stereocenters. The van der Waals surface area contributed by atoms with E-state index in [2.05, 4.69) is 10.6 Å². The van der Waals surface area contributed by atoms with Crippen molar-refractivity contribution in [2.75, 3.05) is 18.6 Å². The Bertz CT molecular complexity index is 586. The fourth-order valence-electron chi connectivity index (χ4n) is 1.94. The summed E-state index contributed by atoms with van der Waals surface area (Å²) in [4.78, 5) is 57.5. The lowest BCUT2D eigenvalue weighted by atomic mass is 10.1. The van der Waals surface area contributed by atoms with Gasteiger partial charge in [-0.25, -0.2) is 4.79 Å². The zero-order chi connectivity index (χ0) is 21.9. The summed E-state index contributed by atoms with van der Waals surface area (Å²) < 4.78 is 0. The van der Waals surface area contributed by atoms with Gasteiger partial charge in [-0.1, -0.05) is 0 Å². The highest BCUT2D eigenvalue weighted by molar-refractivity contribution is 7.98. The minimum atomic E-state index is -1.74. The summed E-state index contributed by atoms with van der Waals surface area (Å²) in [6.45, 7) is 0.661. The average Bonchev–Trinajstić information content (AvgIpc) is 2.60. The molecule has 0 aromatic carbocycles. The van der Waals surface area contributed by atoms with Crippen LogP contribution in [0.4, 0.5) is 0 Å². The second kappa shape index (κ2) is 12.9. The van der Waals surface area contributed by atoms with Crippen molar-refractivity contribution in [2.24, 2.45) is 5.73 Å². The van der Waals surface area contributed by atoms with Crippen molar-refractivity contribution >= 4 is 41.4 Å². The van der Waals surface area contributed by atoms with Crippen molar-refractivity contribution in [3.63, 3.8) is 0 Å². The molecule has 0 bridgehead atoms. The minimum Gasteiger partial charge on any atom is -0.481 e. The van der Waals surface area contributed by atoms with Gasteiger partial charge in [-0.05, 0) is 25.4 Å². The first-order valence-corrected chi connectivity index (χ1v) is 9.63.